The lowest BCUT2D eigenvalue weighted by molar-refractivity contribution is -0.0334. The van der Waals surface area contributed by atoms with Crippen LogP contribution in [0, 0.1) is 0 Å². The molecule has 3 heterocycles. The SMILES string of the molecule is CCNC(=NCC1(N2CCOCC2)CCCCC1)N1CCN(c2ncccn2)CC1. The van der Waals surface area contributed by atoms with E-state index in [1.807, 2.05) is 18.5 Å². The van der Waals surface area contributed by atoms with E-state index in [1.54, 1.807) is 0 Å². The fourth-order valence-electron chi connectivity index (χ4n) is 5.04. The van der Waals surface area contributed by atoms with Gasteiger partial charge in [-0.05, 0) is 25.8 Å². The summed E-state index contributed by atoms with van der Waals surface area (Å²) >= 11 is 0. The van der Waals surface area contributed by atoms with Gasteiger partial charge in [0.2, 0.25) is 5.95 Å². The number of ether oxygens (including phenoxy) is 1. The van der Waals surface area contributed by atoms with Crippen molar-refractivity contribution in [2.75, 3.05) is 70.5 Å². The zero-order valence-corrected chi connectivity index (χ0v) is 18.4. The van der Waals surface area contributed by atoms with E-state index in [0.717, 1.165) is 77.5 Å². The Bertz CT molecular complexity index is 663. The molecule has 0 radical (unpaired) electrons. The predicted molar refractivity (Wildman–Crippen MR) is 120 cm³/mol. The van der Waals surface area contributed by atoms with Crippen LogP contribution in [-0.4, -0.2) is 96.8 Å². The molecule has 2 aliphatic heterocycles. The quantitative estimate of drug-likeness (QED) is 0.579. The van der Waals surface area contributed by atoms with Gasteiger partial charge in [0.15, 0.2) is 5.96 Å². The Morgan fingerprint density at radius 3 is 2.40 bits per heavy atom. The fraction of sp³-hybridized carbons (Fsp3) is 0.773. The van der Waals surface area contributed by atoms with Crippen LogP contribution >= 0.6 is 0 Å². The van der Waals surface area contributed by atoms with Crippen LogP contribution in [0.3, 0.4) is 0 Å². The molecule has 0 atom stereocenters. The number of aliphatic imine (C=N–C) groups is 1. The molecule has 0 bridgehead atoms. The van der Waals surface area contributed by atoms with Crippen LogP contribution in [0.5, 0.6) is 0 Å². The largest absolute Gasteiger partial charge is 0.379 e. The molecule has 0 spiro atoms. The van der Waals surface area contributed by atoms with E-state index in [4.69, 9.17) is 9.73 Å². The average Bonchev–Trinajstić information content (AvgIpc) is 2.84. The van der Waals surface area contributed by atoms with Gasteiger partial charge in [0, 0.05) is 63.7 Å². The standard InChI is InChI=1S/C22H37N7O/c1-2-23-20(27-11-13-28(14-12-27)21-24-9-6-10-25-21)26-19-22(7-4-3-5-8-22)29-15-17-30-18-16-29/h6,9-10H,2-5,7-8,11-19H2,1H3,(H,23,26). The van der Waals surface area contributed by atoms with Gasteiger partial charge < -0.3 is 19.9 Å². The summed E-state index contributed by atoms with van der Waals surface area (Å²) in [5, 5.41) is 3.55. The molecule has 3 aliphatic rings. The van der Waals surface area contributed by atoms with Crippen LogP contribution in [0.1, 0.15) is 39.0 Å². The molecule has 0 unspecified atom stereocenters. The summed E-state index contributed by atoms with van der Waals surface area (Å²) in [6.45, 7) is 11.5. The molecular weight excluding hydrogens is 378 g/mol. The molecule has 166 valence electrons. The number of guanidine groups is 1. The van der Waals surface area contributed by atoms with Crippen molar-refractivity contribution in [3.63, 3.8) is 0 Å². The molecular formula is C22H37N7O. The molecule has 0 amide bonds. The first-order valence-corrected chi connectivity index (χ1v) is 11.7. The maximum absolute atomic E-state index is 5.63. The Balaban J connectivity index is 1.42. The summed E-state index contributed by atoms with van der Waals surface area (Å²) in [5.41, 5.74) is 0.211. The van der Waals surface area contributed by atoms with Crippen molar-refractivity contribution in [1.82, 2.24) is 25.1 Å². The fourth-order valence-corrected chi connectivity index (χ4v) is 5.04. The number of piperazine rings is 1. The van der Waals surface area contributed by atoms with E-state index in [-0.39, 0.29) is 5.54 Å². The Hall–Kier alpha value is -1.93. The molecule has 8 heteroatoms. The van der Waals surface area contributed by atoms with Gasteiger partial charge in [0.25, 0.3) is 0 Å². The van der Waals surface area contributed by atoms with E-state index in [1.165, 1.54) is 32.1 Å². The topological polar surface area (TPSA) is 69.1 Å². The predicted octanol–water partition coefficient (Wildman–Crippen LogP) is 1.60. The monoisotopic (exact) mass is 415 g/mol. The van der Waals surface area contributed by atoms with Crippen LogP contribution in [0.15, 0.2) is 23.5 Å². The minimum Gasteiger partial charge on any atom is -0.379 e. The Morgan fingerprint density at radius 1 is 1.03 bits per heavy atom. The van der Waals surface area contributed by atoms with Crippen molar-refractivity contribution >= 4 is 11.9 Å². The number of hydrogen-bond acceptors (Lipinski definition) is 6. The van der Waals surface area contributed by atoms with E-state index in [0.29, 0.717) is 0 Å². The molecule has 1 N–H and O–H groups in total. The Labute approximate surface area is 180 Å². The van der Waals surface area contributed by atoms with Crippen molar-refractivity contribution < 1.29 is 4.74 Å². The zero-order valence-electron chi connectivity index (χ0n) is 18.4. The van der Waals surface area contributed by atoms with Crippen molar-refractivity contribution in [3.8, 4) is 0 Å². The maximum Gasteiger partial charge on any atom is 0.225 e. The van der Waals surface area contributed by atoms with Gasteiger partial charge in [-0.15, -0.1) is 0 Å². The highest BCUT2D eigenvalue weighted by molar-refractivity contribution is 5.80. The number of anilines is 1. The minimum absolute atomic E-state index is 0.211. The van der Waals surface area contributed by atoms with Gasteiger partial charge in [-0.25, -0.2) is 9.97 Å². The highest BCUT2D eigenvalue weighted by atomic mass is 16.5. The third kappa shape index (κ3) is 5.03. The van der Waals surface area contributed by atoms with Gasteiger partial charge in [0.1, 0.15) is 0 Å². The number of aromatic nitrogens is 2. The zero-order chi connectivity index (χ0) is 20.7. The normalized spacial score (nSPS) is 23.4. The molecule has 1 aliphatic carbocycles. The van der Waals surface area contributed by atoms with Crippen LogP contribution in [0.2, 0.25) is 0 Å². The number of nitrogens with zero attached hydrogens (tertiary/aromatic N) is 6. The first-order chi connectivity index (χ1) is 14.8. The van der Waals surface area contributed by atoms with Crippen molar-refractivity contribution in [2.45, 2.75) is 44.6 Å². The Kier molecular flexibility index (Phi) is 7.38. The third-order valence-electron chi connectivity index (χ3n) is 6.74. The highest BCUT2D eigenvalue weighted by Crippen LogP contribution is 2.34. The average molecular weight is 416 g/mol. The summed E-state index contributed by atoms with van der Waals surface area (Å²) in [6, 6.07) is 1.87. The molecule has 0 aromatic carbocycles. The van der Waals surface area contributed by atoms with Crippen molar-refractivity contribution in [1.29, 1.82) is 0 Å². The number of nitrogens with one attached hydrogen (secondary N) is 1. The van der Waals surface area contributed by atoms with Gasteiger partial charge in [0.05, 0.1) is 19.8 Å². The van der Waals surface area contributed by atoms with Gasteiger partial charge in [-0.3, -0.25) is 9.89 Å². The van der Waals surface area contributed by atoms with E-state index in [9.17, 15) is 0 Å². The second-order valence-corrected chi connectivity index (χ2v) is 8.58. The van der Waals surface area contributed by atoms with Gasteiger partial charge in [-0.2, -0.15) is 0 Å². The first kappa shape index (κ1) is 21.3. The van der Waals surface area contributed by atoms with Gasteiger partial charge in [-0.1, -0.05) is 19.3 Å². The summed E-state index contributed by atoms with van der Waals surface area (Å²) in [4.78, 5) is 21.3. The summed E-state index contributed by atoms with van der Waals surface area (Å²) < 4.78 is 5.63. The van der Waals surface area contributed by atoms with Gasteiger partial charge >= 0.3 is 0 Å². The highest BCUT2D eigenvalue weighted by Gasteiger charge is 2.38. The summed E-state index contributed by atoms with van der Waals surface area (Å²) in [5.74, 6) is 1.89. The molecule has 8 nitrogen and oxygen atoms in total. The van der Waals surface area contributed by atoms with Crippen LogP contribution in [0.4, 0.5) is 5.95 Å². The smallest absolute Gasteiger partial charge is 0.225 e. The lowest BCUT2D eigenvalue weighted by Gasteiger charge is -2.47. The van der Waals surface area contributed by atoms with Crippen molar-refractivity contribution in [3.05, 3.63) is 18.5 Å². The first-order valence-electron chi connectivity index (χ1n) is 11.7. The summed E-state index contributed by atoms with van der Waals surface area (Å²) in [7, 11) is 0. The molecule has 2 saturated heterocycles. The number of morpholine rings is 1. The third-order valence-corrected chi connectivity index (χ3v) is 6.74. The van der Waals surface area contributed by atoms with E-state index >= 15 is 0 Å². The minimum atomic E-state index is 0.211. The van der Waals surface area contributed by atoms with E-state index in [2.05, 4.69) is 36.9 Å². The molecule has 1 aromatic heterocycles. The van der Waals surface area contributed by atoms with E-state index < -0.39 is 0 Å². The molecule has 3 fully saturated rings. The molecule has 1 aromatic rings. The number of rotatable bonds is 5. The lowest BCUT2D eigenvalue weighted by atomic mass is 9.80. The number of hydrogen-bond donors (Lipinski definition) is 1. The van der Waals surface area contributed by atoms with Crippen LogP contribution < -0.4 is 10.2 Å². The molecule has 1 saturated carbocycles. The second kappa shape index (κ2) is 10.4. The molecule has 30 heavy (non-hydrogen) atoms. The molecule has 4 rings (SSSR count). The lowest BCUT2D eigenvalue weighted by Crippen LogP contribution is -2.57. The van der Waals surface area contributed by atoms with Crippen molar-refractivity contribution in [2.24, 2.45) is 4.99 Å². The maximum atomic E-state index is 5.63. The second-order valence-electron chi connectivity index (χ2n) is 8.58. The Morgan fingerprint density at radius 2 is 1.73 bits per heavy atom. The summed E-state index contributed by atoms with van der Waals surface area (Å²) in [6.07, 6.45) is 10.1. The van der Waals surface area contributed by atoms with Crippen LogP contribution in [0.25, 0.3) is 0 Å². The van der Waals surface area contributed by atoms with Crippen LogP contribution in [-0.2, 0) is 4.74 Å².